The van der Waals surface area contributed by atoms with E-state index < -0.39 is 11.7 Å². The van der Waals surface area contributed by atoms with Crippen LogP contribution in [0.4, 0.5) is 16.0 Å². The first-order valence-corrected chi connectivity index (χ1v) is 10.0. The van der Waals surface area contributed by atoms with E-state index in [9.17, 15) is 9.18 Å². The zero-order chi connectivity index (χ0) is 20.1. The molecule has 28 heavy (non-hydrogen) atoms. The fraction of sp³-hybridized carbons (Fsp3) is 0.429. The normalized spacial score (nSPS) is 15.4. The molecule has 1 aromatic heterocycles. The Morgan fingerprint density at radius 1 is 1.32 bits per heavy atom. The summed E-state index contributed by atoms with van der Waals surface area (Å²) >= 11 is 5.97. The number of carbonyl (C=O) groups excluding carboxylic acids is 1. The SMILES string of the molecule is CCCN1CCC(N(C)c2cccc(NC(=O)c3ccc(F)cc3Cl)n2)CC1. The van der Waals surface area contributed by atoms with Crippen LogP contribution >= 0.6 is 11.6 Å². The maximum atomic E-state index is 13.2. The molecule has 3 rings (SSSR count). The minimum atomic E-state index is -0.478. The molecule has 1 aliphatic rings. The minimum absolute atomic E-state index is 0.0737. The lowest BCUT2D eigenvalue weighted by molar-refractivity contribution is 0.102. The van der Waals surface area contributed by atoms with Crippen LogP contribution in [0.15, 0.2) is 36.4 Å². The summed E-state index contributed by atoms with van der Waals surface area (Å²) in [7, 11) is 2.05. The second kappa shape index (κ2) is 9.34. The monoisotopic (exact) mass is 404 g/mol. The average molecular weight is 405 g/mol. The lowest BCUT2D eigenvalue weighted by Crippen LogP contribution is -2.43. The molecule has 2 aromatic rings. The quantitative estimate of drug-likeness (QED) is 0.773. The van der Waals surface area contributed by atoms with Crippen molar-refractivity contribution in [2.45, 2.75) is 32.2 Å². The molecule has 0 spiro atoms. The van der Waals surface area contributed by atoms with E-state index >= 15 is 0 Å². The summed E-state index contributed by atoms with van der Waals surface area (Å²) in [5.74, 6) is 0.369. The van der Waals surface area contributed by atoms with Crippen LogP contribution in [0.25, 0.3) is 0 Å². The van der Waals surface area contributed by atoms with E-state index in [1.54, 1.807) is 6.07 Å². The van der Waals surface area contributed by atoms with Crippen LogP contribution < -0.4 is 10.2 Å². The molecule has 2 heterocycles. The molecule has 0 saturated carbocycles. The standard InChI is InChI=1S/C21H26ClFN4O/c1-3-11-27-12-9-16(10-13-27)26(2)20-6-4-5-19(24-20)25-21(28)17-8-7-15(23)14-18(17)22/h4-8,14,16H,3,9-13H2,1-2H3,(H,24,25,28). The minimum Gasteiger partial charge on any atom is -0.357 e. The van der Waals surface area contributed by atoms with Gasteiger partial charge in [-0.05, 0) is 56.1 Å². The third-order valence-corrected chi connectivity index (χ3v) is 5.47. The summed E-state index contributed by atoms with van der Waals surface area (Å²) in [6.07, 6.45) is 3.38. The Morgan fingerprint density at radius 3 is 2.75 bits per heavy atom. The lowest BCUT2D eigenvalue weighted by Gasteiger charge is -2.37. The number of hydrogen-bond donors (Lipinski definition) is 1. The van der Waals surface area contributed by atoms with Crippen LogP contribution in [-0.2, 0) is 0 Å². The maximum Gasteiger partial charge on any atom is 0.258 e. The number of likely N-dealkylation sites (tertiary alicyclic amines) is 1. The van der Waals surface area contributed by atoms with Gasteiger partial charge in [0.15, 0.2) is 0 Å². The fourth-order valence-electron chi connectivity index (χ4n) is 3.58. The van der Waals surface area contributed by atoms with Gasteiger partial charge in [0.05, 0.1) is 10.6 Å². The molecule has 1 saturated heterocycles. The smallest absolute Gasteiger partial charge is 0.258 e. The van der Waals surface area contributed by atoms with E-state index in [2.05, 4.69) is 27.0 Å². The molecule has 1 aliphatic heterocycles. The van der Waals surface area contributed by atoms with Crippen molar-refractivity contribution >= 4 is 29.1 Å². The Labute approximate surface area is 170 Å². The first kappa shape index (κ1) is 20.6. The van der Waals surface area contributed by atoms with Crippen molar-refractivity contribution < 1.29 is 9.18 Å². The van der Waals surface area contributed by atoms with Gasteiger partial charge in [-0.2, -0.15) is 0 Å². The second-order valence-electron chi connectivity index (χ2n) is 7.14. The topological polar surface area (TPSA) is 48.5 Å². The van der Waals surface area contributed by atoms with Crippen molar-refractivity contribution in [2.24, 2.45) is 0 Å². The molecular weight excluding hydrogens is 379 g/mol. The Kier molecular flexibility index (Phi) is 6.86. The van der Waals surface area contributed by atoms with Crippen LogP contribution in [0, 0.1) is 5.82 Å². The zero-order valence-electron chi connectivity index (χ0n) is 16.3. The number of amides is 1. The first-order valence-electron chi connectivity index (χ1n) is 9.66. The number of rotatable bonds is 6. The van der Waals surface area contributed by atoms with Crippen LogP contribution in [-0.4, -0.2) is 48.5 Å². The molecule has 0 aliphatic carbocycles. The van der Waals surface area contributed by atoms with Crippen molar-refractivity contribution in [3.8, 4) is 0 Å². The van der Waals surface area contributed by atoms with Gasteiger partial charge in [-0.25, -0.2) is 9.37 Å². The maximum absolute atomic E-state index is 13.2. The van der Waals surface area contributed by atoms with Crippen molar-refractivity contribution in [3.05, 3.63) is 52.8 Å². The highest BCUT2D eigenvalue weighted by atomic mass is 35.5. The van der Waals surface area contributed by atoms with Crippen molar-refractivity contribution in [1.82, 2.24) is 9.88 Å². The molecule has 150 valence electrons. The van der Waals surface area contributed by atoms with Gasteiger partial charge in [0.1, 0.15) is 17.5 Å². The third kappa shape index (κ3) is 5.00. The highest BCUT2D eigenvalue weighted by Crippen LogP contribution is 2.23. The summed E-state index contributed by atoms with van der Waals surface area (Å²) in [6, 6.07) is 9.68. The molecule has 0 bridgehead atoms. The number of pyridine rings is 1. The van der Waals surface area contributed by atoms with Crippen molar-refractivity contribution in [2.75, 3.05) is 36.9 Å². The molecule has 1 N–H and O–H groups in total. The number of aromatic nitrogens is 1. The first-order chi connectivity index (χ1) is 13.5. The number of nitrogens with one attached hydrogen (secondary N) is 1. The number of hydrogen-bond acceptors (Lipinski definition) is 4. The van der Waals surface area contributed by atoms with Gasteiger partial charge in [-0.15, -0.1) is 0 Å². The molecule has 0 unspecified atom stereocenters. The predicted molar refractivity (Wildman–Crippen MR) is 112 cm³/mol. The van der Waals surface area contributed by atoms with Gasteiger partial charge in [-0.3, -0.25) is 4.79 Å². The van der Waals surface area contributed by atoms with Crippen LogP contribution in [0.2, 0.25) is 5.02 Å². The van der Waals surface area contributed by atoms with Gasteiger partial charge in [0.2, 0.25) is 0 Å². The van der Waals surface area contributed by atoms with Gasteiger partial charge < -0.3 is 15.1 Å². The van der Waals surface area contributed by atoms with E-state index in [0.29, 0.717) is 11.9 Å². The summed E-state index contributed by atoms with van der Waals surface area (Å²) in [6.45, 7) is 5.56. The molecule has 1 aromatic carbocycles. The molecule has 1 fully saturated rings. The third-order valence-electron chi connectivity index (χ3n) is 5.16. The summed E-state index contributed by atoms with van der Waals surface area (Å²) < 4.78 is 13.2. The van der Waals surface area contributed by atoms with Gasteiger partial charge in [0, 0.05) is 26.2 Å². The number of nitrogens with zero attached hydrogens (tertiary/aromatic N) is 3. The van der Waals surface area contributed by atoms with Gasteiger partial charge >= 0.3 is 0 Å². The van der Waals surface area contributed by atoms with Crippen molar-refractivity contribution in [1.29, 1.82) is 0 Å². The average Bonchev–Trinajstić information content (AvgIpc) is 2.68. The number of anilines is 2. The molecule has 1 amide bonds. The number of piperidine rings is 1. The Hall–Kier alpha value is -2.18. The van der Waals surface area contributed by atoms with Gasteiger partial charge in [0.25, 0.3) is 5.91 Å². The molecule has 5 nitrogen and oxygen atoms in total. The van der Waals surface area contributed by atoms with E-state index in [1.807, 2.05) is 19.2 Å². The predicted octanol–water partition coefficient (Wildman–Crippen LogP) is 4.44. The highest BCUT2D eigenvalue weighted by molar-refractivity contribution is 6.34. The summed E-state index contributed by atoms with van der Waals surface area (Å²) in [4.78, 5) is 21.7. The Bertz CT molecular complexity index is 824. The zero-order valence-corrected chi connectivity index (χ0v) is 17.0. The Morgan fingerprint density at radius 2 is 2.07 bits per heavy atom. The fourth-order valence-corrected chi connectivity index (χ4v) is 3.83. The lowest BCUT2D eigenvalue weighted by atomic mass is 10.0. The summed E-state index contributed by atoms with van der Waals surface area (Å²) in [5, 5.41) is 2.82. The number of benzene rings is 1. The van der Waals surface area contributed by atoms with E-state index in [4.69, 9.17) is 11.6 Å². The van der Waals surface area contributed by atoms with E-state index in [-0.39, 0.29) is 10.6 Å². The van der Waals surface area contributed by atoms with E-state index in [1.165, 1.54) is 18.6 Å². The van der Waals surface area contributed by atoms with Crippen LogP contribution in [0.5, 0.6) is 0 Å². The molecular formula is C21H26ClFN4O. The van der Waals surface area contributed by atoms with E-state index in [0.717, 1.165) is 44.4 Å². The number of carbonyl (C=O) groups is 1. The van der Waals surface area contributed by atoms with Crippen molar-refractivity contribution in [3.63, 3.8) is 0 Å². The second-order valence-corrected chi connectivity index (χ2v) is 7.55. The molecule has 7 heteroatoms. The summed E-state index contributed by atoms with van der Waals surface area (Å²) in [5.41, 5.74) is 0.215. The molecule has 0 atom stereocenters. The highest BCUT2D eigenvalue weighted by Gasteiger charge is 2.23. The van der Waals surface area contributed by atoms with Crippen LogP contribution in [0.3, 0.4) is 0 Å². The number of halogens is 2. The Balaban J connectivity index is 1.66. The van der Waals surface area contributed by atoms with Crippen LogP contribution in [0.1, 0.15) is 36.5 Å². The molecule has 0 radical (unpaired) electrons. The largest absolute Gasteiger partial charge is 0.357 e. The van der Waals surface area contributed by atoms with Gasteiger partial charge in [-0.1, -0.05) is 24.6 Å².